The highest BCUT2D eigenvalue weighted by Gasteiger charge is 2.71. The first-order chi connectivity index (χ1) is 7.48. The zero-order chi connectivity index (χ0) is 11.6. The summed E-state index contributed by atoms with van der Waals surface area (Å²) in [6.45, 7) is 4.84. The first-order valence-corrected chi connectivity index (χ1v) is 6.19. The molecule has 3 fully saturated rings. The van der Waals surface area contributed by atoms with E-state index in [2.05, 4.69) is 5.32 Å². The highest BCUT2D eigenvalue weighted by atomic mass is 16.5. The van der Waals surface area contributed by atoms with Gasteiger partial charge in [-0.15, -0.1) is 0 Å². The maximum atomic E-state index is 12.3. The Morgan fingerprint density at radius 2 is 2.06 bits per heavy atom. The van der Waals surface area contributed by atoms with Crippen molar-refractivity contribution in [2.45, 2.75) is 50.8 Å². The Balaban J connectivity index is 1.82. The monoisotopic (exact) mass is 224 g/mol. The molecule has 2 saturated carbocycles. The van der Waals surface area contributed by atoms with Crippen LogP contribution in [0, 0.1) is 11.3 Å². The van der Waals surface area contributed by atoms with Crippen LogP contribution in [0.15, 0.2) is 0 Å². The third kappa shape index (κ3) is 1.09. The van der Waals surface area contributed by atoms with Gasteiger partial charge in [-0.25, -0.2) is 0 Å². The van der Waals surface area contributed by atoms with Gasteiger partial charge in [0.2, 0.25) is 5.91 Å². The minimum atomic E-state index is -0.725. The number of fused-ring (bicyclic) bond motifs is 1. The molecule has 1 saturated heterocycles. The molecule has 0 aromatic rings. The summed E-state index contributed by atoms with van der Waals surface area (Å²) in [5, 5.41) is 3.05. The Morgan fingerprint density at radius 1 is 1.38 bits per heavy atom. The molecule has 1 heterocycles. The minimum absolute atomic E-state index is 0.0340. The fourth-order valence-corrected chi connectivity index (χ4v) is 3.38. The SMILES string of the molecule is CC1(C)C2OCCC2C1(N)C(=O)NC1CC1. The normalized spacial score (nSPS) is 44.7. The molecule has 0 radical (unpaired) electrons. The highest BCUT2D eigenvalue weighted by Crippen LogP contribution is 2.58. The summed E-state index contributed by atoms with van der Waals surface area (Å²) >= 11 is 0. The van der Waals surface area contributed by atoms with E-state index in [1.807, 2.05) is 13.8 Å². The molecule has 90 valence electrons. The van der Waals surface area contributed by atoms with E-state index in [-0.39, 0.29) is 23.3 Å². The van der Waals surface area contributed by atoms with Crippen molar-refractivity contribution in [1.29, 1.82) is 0 Å². The zero-order valence-corrected chi connectivity index (χ0v) is 9.95. The fourth-order valence-electron chi connectivity index (χ4n) is 3.38. The summed E-state index contributed by atoms with van der Waals surface area (Å²) in [4.78, 5) is 12.3. The van der Waals surface area contributed by atoms with Crippen LogP contribution in [-0.4, -0.2) is 30.2 Å². The molecular formula is C12H20N2O2. The average molecular weight is 224 g/mol. The van der Waals surface area contributed by atoms with Crippen LogP contribution in [0.25, 0.3) is 0 Å². The van der Waals surface area contributed by atoms with E-state index in [4.69, 9.17) is 10.5 Å². The molecule has 3 atom stereocenters. The van der Waals surface area contributed by atoms with Gasteiger partial charge in [0.15, 0.2) is 0 Å². The molecule has 4 heteroatoms. The number of amides is 1. The maximum absolute atomic E-state index is 12.3. The molecule has 0 aromatic carbocycles. The predicted molar refractivity (Wildman–Crippen MR) is 59.7 cm³/mol. The maximum Gasteiger partial charge on any atom is 0.241 e. The number of nitrogens with one attached hydrogen (secondary N) is 1. The van der Waals surface area contributed by atoms with Gasteiger partial charge in [-0.1, -0.05) is 13.8 Å². The molecule has 3 rings (SSSR count). The van der Waals surface area contributed by atoms with E-state index in [0.29, 0.717) is 6.04 Å². The van der Waals surface area contributed by atoms with Crippen LogP contribution in [0.3, 0.4) is 0 Å². The average Bonchev–Trinajstić information content (AvgIpc) is 2.91. The lowest BCUT2D eigenvalue weighted by Gasteiger charge is -2.60. The van der Waals surface area contributed by atoms with Gasteiger partial charge in [0.1, 0.15) is 5.54 Å². The fraction of sp³-hybridized carbons (Fsp3) is 0.917. The number of ether oxygens (including phenoxy) is 1. The van der Waals surface area contributed by atoms with Gasteiger partial charge in [-0.05, 0) is 19.3 Å². The van der Waals surface area contributed by atoms with Crippen LogP contribution in [0.2, 0.25) is 0 Å². The van der Waals surface area contributed by atoms with Crippen molar-refractivity contribution in [3.05, 3.63) is 0 Å². The summed E-state index contributed by atoms with van der Waals surface area (Å²) in [6, 6.07) is 0.380. The lowest BCUT2D eigenvalue weighted by Crippen LogP contribution is -2.80. The Bertz CT molecular complexity index is 338. The standard InChI is InChI=1S/C12H20N2O2/c1-11(2)9-8(5-6-16-9)12(11,13)10(15)14-7-3-4-7/h7-9H,3-6,13H2,1-2H3,(H,14,15). The van der Waals surface area contributed by atoms with Crippen molar-refractivity contribution in [3.63, 3.8) is 0 Å². The van der Waals surface area contributed by atoms with E-state index in [0.717, 1.165) is 25.9 Å². The van der Waals surface area contributed by atoms with E-state index >= 15 is 0 Å². The van der Waals surface area contributed by atoms with Crippen molar-refractivity contribution in [3.8, 4) is 0 Å². The summed E-state index contributed by atoms with van der Waals surface area (Å²) in [7, 11) is 0. The number of nitrogens with two attached hydrogens (primary N) is 1. The molecule has 1 aliphatic heterocycles. The van der Waals surface area contributed by atoms with Crippen molar-refractivity contribution in [2.75, 3.05) is 6.61 Å². The third-order valence-corrected chi connectivity index (χ3v) is 4.74. The van der Waals surface area contributed by atoms with Crippen molar-refractivity contribution in [2.24, 2.45) is 17.1 Å². The smallest absolute Gasteiger partial charge is 0.241 e. The lowest BCUT2D eigenvalue weighted by molar-refractivity contribution is -0.175. The second-order valence-electron chi connectivity index (χ2n) is 6.02. The van der Waals surface area contributed by atoms with Gasteiger partial charge in [0, 0.05) is 24.0 Å². The molecule has 0 bridgehead atoms. The summed E-state index contributed by atoms with van der Waals surface area (Å²) in [5.74, 6) is 0.244. The molecule has 0 spiro atoms. The van der Waals surface area contributed by atoms with E-state index in [1.165, 1.54) is 0 Å². The second-order valence-corrected chi connectivity index (χ2v) is 6.02. The molecule has 3 N–H and O–H groups in total. The largest absolute Gasteiger partial charge is 0.377 e. The molecule has 16 heavy (non-hydrogen) atoms. The van der Waals surface area contributed by atoms with Crippen LogP contribution in [0.1, 0.15) is 33.1 Å². The van der Waals surface area contributed by atoms with Crippen LogP contribution >= 0.6 is 0 Å². The van der Waals surface area contributed by atoms with Gasteiger partial charge in [0.25, 0.3) is 0 Å². The Kier molecular flexibility index (Phi) is 1.97. The molecule has 0 aromatic heterocycles. The highest BCUT2D eigenvalue weighted by molar-refractivity contribution is 5.90. The van der Waals surface area contributed by atoms with E-state index in [9.17, 15) is 4.79 Å². The van der Waals surface area contributed by atoms with Gasteiger partial charge in [-0.2, -0.15) is 0 Å². The molecule has 4 nitrogen and oxygen atoms in total. The Hall–Kier alpha value is -0.610. The van der Waals surface area contributed by atoms with E-state index in [1.54, 1.807) is 0 Å². The second kappa shape index (κ2) is 2.99. The Labute approximate surface area is 95.9 Å². The topological polar surface area (TPSA) is 64.3 Å². The zero-order valence-electron chi connectivity index (χ0n) is 9.95. The van der Waals surface area contributed by atoms with Gasteiger partial charge in [0.05, 0.1) is 6.10 Å². The minimum Gasteiger partial charge on any atom is -0.377 e. The quantitative estimate of drug-likeness (QED) is 0.714. The first-order valence-electron chi connectivity index (χ1n) is 6.19. The molecule has 3 aliphatic rings. The van der Waals surface area contributed by atoms with Crippen molar-refractivity contribution >= 4 is 5.91 Å². The number of hydrogen-bond donors (Lipinski definition) is 2. The van der Waals surface area contributed by atoms with E-state index < -0.39 is 5.54 Å². The lowest BCUT2D eigenvalue weighted by atomic mass is 9.48. The number of hydrogen-bond acceptors (Lipinski definition) is 3. The van der Waals surface area contributed by atoms with Crippen molar-refractivity contribution in [1.82, 2.24) is 5.32 Å². The number of carbonyl (C=O) groups is 1. The number of rotatable bonds is 2. The third-order valence-electron chi connectivity index (χ3n) is 4.74. The van der Waals surface area contributed by atoms with Crippen LogP contribution < -0.4 is 11.1 Å². The van der Waals surface area contributed by atoms with Crippen molar-refractivity contribution < 1.29 is 9.53 Å². The predicted octanol–water partition coefficient (Wildman–Crippen LogP) is 0.407. The van der Waals surface area contributed by atoms with Gasteiger partial charge < -0.3 is 15.8 Å². The first kappa shape index (κ1) is 10.5. The summed E-state index contributed by atoms with van der Waals surface area (Å²) in [5.41, 5.74) is 5.42. The molecular weight excluding hydrogens is 204 g/mol. The van der Waals surface area contributed by atoms with Crippen LogP contribution in [-0.2, 0) is 9.53 Å². The Morgan fingerprint density at radius 3 is 2.69 bits per heavy atom. The van der Waals surface area contributed by atoms with Gasteiger partial charge in [-0.3, -0.25) is 4.79 Å². The van der Waals surface area contributed by atoms with Crippen LogP contribution in [0.4, 0.5) is 0 Å². The molecule has 1 amide bonds. The molecule has 3 unspecified atom stereocenters. The summed E-state index contributed by atoms with van der Waals surface area (Å²) in [6.07, 6.45) is 3.30. The van der Waals surface area contributed by atoms with Gasteiger partial charge >= 0.3 is 0 Å². The summed E-state index contributed by atoms with van der Waals surface area (Å²) < 4.78 is 5.67. The number of carbonyl (C=O) groups excluding carboxylic acids is 1. The van der Waals surface area contributed by atoms with Crippen LogP contribution in [0.5, 0.6) is 0 Å². The molecule has 2 aliphatic carbocycles.